The van der Waals surface area contributed by atoms with Crippen LogP contribution in [0.2, 0.25) is 0 Å². The number of H-pyrrole nitrogens is 1. The van der Waals surface area contributed by atoms with Gasteiger partial charge in [-0.1, -0.05) is 6.42 Å². The third-order valence-corrected chi connectivity index (χ3v) is 9.59. The number of aromatic nitrogens is 2. The number of nitrogens with one attached hydrogen (secondary N) is 1. The van der Waals surface area contributed by atoms with E-state index < -0.39 is 26.6 Å². The molecular weight excluding hydrogens is 538 g/mol. The number of Topliss-reactive ketones (excluding diaryl/α,β-unsaturated/α-hetero) is 1. The molecule has 0 bridgehead atoms. The number of ketones is 1. The third-order valence-electron chi connectivity index (χ3n) is 7.76. The Hall–Kier alpha value is -3.35. The van der Waals surface area contributed by atoms with Crippen LogP contribution in [0.4, 0.5) is 20.2 Å². The van der Waals surface area contributed by atoms with Gasteiger partial charge in [0.25, 0.3) is 0 Å². The minimum Gasteiger partial charge on any atom is -0.398 e. The van der Waals surface area contributed by atoms with Gasteiger partial charge >= 0.3 is 0 Å². The molecule has 1 saturated heterocycles. The molecule has 0 aliphatic carbocycles. The molecule has 3 heterocycles. The molecule has 0 amide bonds. The first kappa shape index (κ1) is 28.2. The lowest BCUT2D eigenvalue weighted by Crippen LogP contribution is -2.36. The Bertz CT molecular complexity index is 1480. The van der Waals surface area contributed by atoms with Crippen molar-refractivity contribution in [2.45, 2.75) is 43.5 Å². The number of rotatable bonds is 9. The number of likely N-dealkylation sites (N-methyl/N-ethyl adjacent to an activating group) is 1. The lowest BCUT2D eigenvalue weighted by atomic mass is 9.99. The molecule has 1 aromatic heterocycles. The van der Waals surface area contributed by atoms with Gasteiger partial charge in [0, 0.05) is 73.9 Å². The van der Waals surface area contributed by atoms with Crippen molar-refractivity contribution >= 4 is 27.2 Å². The van der Waals surface area contributed by atoms with Gasteiger partial charge in [-0.15, -0.1) is 0 Å². The van der Waals surface area contributed by atoms with Crippen LogP contribution in [0.1, 0.15) is 46.6 Å². The number of likely N-dealkylation sites (tertiary alicyclic amines) is 1. The number of carbonyl (C=O) groups is 1. The van der Waals surface area contributed by atoms with E-state index in [9.17, 15) is 22.0 Å². The van der Waals surface area contributed by atoms with Crippen LogP contribution < -0.4 is 10.6 Å². The number of benzene rings is 2. The molecule has 0 radical (unpaired) electrons. The number of anilines is 2. The minimum atomic E-state index is -4.16. The van der Waals surface area contributed by atoms with Gasteiger partial charge in [-0.05, 0) is 56.3 Å². The molecule has 3 N–H and O–H groups in total. The Morgan fingerprint density at radius 1 is 1.07 bits per heavy atom. The molecule has 12 heteroatoms. The lowest BCUT2D eigenvalue weighted by molar-refractivity contribution is 0.0992. The van der Waals surface area contributed by atoms with Crippen molar-refractivity contribution in [2.75, 3.05) is 50.4 Å². The quantitative estimate of drug-likeness (QED) is 0.298. The van der Waals surface area contributed by atoms with Gasteiger partial charge < -0.3 is 15.5 Å². The zero-order valence-corrected chi connectivity index (χ0v) is 23.3. The monoisotopic (exact) mass is 572 g/mol. The minimum absolute atomic E-state index is 0.0643. The van der Waals surface area contributed by atoms with Crippen molar-refractivity contribution in [3.05, 3.63) is 70.5 Å². The summed E-state index contributed by atoms with van der Waals surface area (Å²) < 4.78 is 54.8. The van der Waals surface area contributed by atoms with Crippen LogP contribution >= 0.6 is 0 Å². The summed E-state index contributed by atoms with van der Waals surface area (Å²) in [5.74, 6) is -2.17. The van der Waals surface area contributed by atoms with E-state index in [-0.39, 0.29) is 25.3 Å². The van der Waals surface area contributed by atoms with Crippen molar-refractivity contribution < 1.29 is 22.0 Å². The predicted molar refractivity (Wildman–Crippen MR) is 149 cm³/mol. The van der Waals surface area contributed by atoms with Crippen molar-refractivity contribution in [2.24, 2.45) is 0 Å². The van der Waals surface area contributed by atoms with Crippen molar-refractivity contribution in [1.29, 1.82) is 0 Å². The van der Waals surface area contributed by atoms with E-state index in [2.05, 4.69) is 20.0 Å². The SMILES string of the molecule is CN(CCN1CCCCC1)c1ccc(C(=O)Cc2n[nH]c3c2CN(S(=O)(=O)c2cc(F)cc(F)c2)CC3)c(N)c1. The zero-order valence-electron chi connectivity index (χ0n) is 22.5. The highest BCUT2D eigenvalue weighted by Crippen LogP contribution is 2.28. The number of nitrogen functional groups attached to an aromatic ring is 1. The fraction of sp³-hybridized carbons (Fsp3) is 0.429. The average molecular weight is 573 g/mol. The van der Waals surface area contributed by atoms with Crippen molar-refractivity contribution in [1.82, 2.24) is 19.4 Å². The maximum absolute atomic E-state index is 13.7. The molecule has 3 aromatic rings. The van der Waals surface area contributed by atoms with E-state index >= 15 is 0 Å². The van der Waals surface area contributed by atoms with Crippen LogP contribution in [0.3, 0.4) is 0 Å². The number of piperidine rings is 1. The summed E-state index contributed by atoms with van der Waals surface area (Å²) in [6.07, 6.45) is 4.05. The first-order valence-electron chi connectivity index (χ1n) is 13.5. The predicted octanol–water partition coefficient (Wildman–Crippen LogP) is 3.36. The molecule has 0 atom stereocenters. The van der Waals surface area contributed by atoms with Crippen LogP contribution in [0.15, 0.2) is 41.3 Å². The van der Waals surface area contributed by atoms with Gasteiger partial charge in [-0.25, -0.2) is 17.2 Å². The largest absolute Gasteiger partial charge is 0.398 e. The molecule has 2 aliphatic rings. The van der Waals surface area contributed by atoms with Gasteiger partial charge in [0.1, 0.15) is 11.6 Å². The van der Waals surface area contributed by atoms with Crippen molar-refractivity contribution in [3.63, 3.8) is 0 Å². The van der Waals surface area contributed by atoms with Gasteiger partial charge in [0.2, 0.25) is 10.0 Å². The van der Waals surface area contributed by atoms with Crippen LogP contribution in [-0.2, 0) is 29.4 Å². The first-order chi connectivity index (χ1) is 19.1. The number of nitrogens with zero attached hydrogens (tertiary/aromatic N) is 4. The molecule has 0 saturated carbocycles. The molecule has 9 nitrogen and oxygen atoms in total. The van der Waals surface area contributed by atoms with Gasteiger partial charge in [0.05, 0.1) is 17.0 Å². The highest BCUT2D eigenvalue weighted by molar-refractivity contribution is 7.89. The summed E-state index contributed by atoms with van der Waals surface area (Å²) in [5.41, 5.74) is 9.72. The van der Waals surface area contributed by atoms with Gasteiger partial charge in [-0.2, -0.15) is 9.40 Å². The van der Waals surface area contributed by atoms with E-state index in [1.54, 1.807) is 12.1 Å². The zero-order chi connectivity index (χ0) is 28.4. The van der Waals surface area contributed by atoms with Crippen LogP contribution in [0.5, 0.6) is 0 Å². The van der Waals surface area contributed by atoms with E-state index in [4.69, 9.17) is 5.73 Å². The van der Waals surface area contributed by atoms with E-state index in [0.717, 1.165) is 54.0 Å². The molecule has 2 aliphatic heterocycles. The summed E-state index contributed by atoms with van der Waals surface area (Å²) >= 11 is 0. The summed E-state index contributed by atoms with van der Waals surface area (Å²) in [7, 11) is -2.15. The second-order valence-electron chi connectivity index (χ2n) is 10.5. The molecule has 0 spiro atoms. The Morgan fingerprint density at radius 2 is 1.80 bits per heavy atom. The van der Waals surface area contributed by atoms with Gasteiger partial charge in [0.15, 0.2) is 5.78 Å². The summed E-state index contributed by atoms with van der Waals surface area (Å²) in [5, 5.41) is 7.19. The highest BCUT2D eigenvalue weighted by Gasteiger charge is 2.32. The van der Waals surface area contributed by atoms with E-state index in [0.29, 0.717) is 35.0 Å². The average Bonchev–Trinajstić information content (AvgIpc) is 3.33. The third kappa shape index (κ3) is 6.03. The Labute approximate surface area is 233 Å². The van der Waals surface area contributed by atoms with E-state index in [1.807, 2.05) is 13.1 Å². The molecule has 5 rings (SSSR count). The Kier molecular flexibility index (Phi) is 8.20. The van der Waals surface area contributed by atoms with Crippen LogP contribution in [0, 0.1) is 11.6 Å². The summed E-state index contributed by atoms with van der Waals surface area (Å²) in [6, 6.07) is 7.62. The molecule has 1 fully saturated rings. The molecule has 214 valence electrons. The smallest absolute Gasteiger partial charge is 0.243 e. The highest BCUT2D eigenvalue weighted by atomic mass is 32.2. The number of hydrogen-bond donors (Lipinski definition) is 2. The number of aromatic amines is 1. The number of sulfonamides is 1. The number of halogens is 2. The summed E-state index contributed by atoms with van der Waals surface area (Å²) in [6.45, 7) is 4.14. The number of fused-ring (bicyclic) bond motifs is 1. The maximum Gasteiger partial charge on any atom is 0.243 e. The second-order valence-corrected chi connectivity index (χ2v) is 12.5. The topological polar surface area (TPSA) is 116 Å². The summed E-state index contributed by atoms with van der Waals surface area (Å²) in [4.78, 5) is 17.4. The normalized spacial score (nSPS) is 16.6. The molecule has 0 unspecified atom stereocenters. The number of nitrogens with two attached hydrogens (primary N) is 1. The van der Waals surface area contributed by atoms with Gasteiger partial charge in [-0.3, -0.25) is 9.89 Å². The molecule has 40 heavy (non-hydrogen) atoms. The first-order valence-corrected chi connectivity index (χ1v) is 14.9. The molecule has 2 aromatic carbocycles. The molecular formula is C28H34F2N6O3S. The maximum atomic E-state index is 13.7. The fourth-order valence-corrected chi connectivity index (χ4v) is 6.85. The number of carbonyl (C=O) groups excluding carboxylic acids is 1. The second kappa shape index (κ2) is 11.6. The van der Waals surface area contributed by atoms with Crippen LogP contribution in [-0.4, -0.2) is 73.4 Å². The Balaban J connectivity index is 1.26. The van der Waals surface area contributed by atoms with Crippen LogP contribution in [0.25, 0.3) is 0 Å². The Morgan fingerprint density at radius 3 is 2.50 bits per heavy atom. The van der Waals surface area contributed by atoms with Crippen molar-refractivity contribution in [3.8, 4) is 0 Å². The van der Waals surface area contributed by atoms with E-state index in [1.165, 1.54) is 19.3 Å². The lowest BCUT2D eigenvalue weighted by Gasteiger charge is -2.29. The fourth-order valence-electron chi connectivity index (χ4n) is 5.40. The number of hydrogen-bond acceptors (Lipinski definition) is 7. The standard InChI is InChI=1S/C28H34F2N6O3S/c1-34(11-12-35-8-3-2-4-9-35)21-5-6-23(25(31)16-21)28(37)17-27-24-18-36(10-7-26(24)32-33-27)40(38,39)22-14-19(29)13-20(30)15-22/h5-6,13-16H,2-4,7-12,17-18,31H2,1H3,(H,32,33).